The van der Waals surface area contributed by atoms with Gasteiger partial charge in [-0.05, 0) is 164 Å². The third kappa shape index (κ3) is 62.5. The van der Waals surface area contributed by atoms with Gasteiger partial charge < -0.3 is 108 Å². The first-order valence-corrected chi connectivity index (χ1v) is 65.1. The molecule has 0 saturated carbocycles. The van der Waals surface area contributed by atoms with E-state index in [2.05, 4.69) is 98.2 Å². The van der Waals surface area contributed by atoms with Gasteiger partial charge in [-0.25, -0.2) is 0 Å². The van der Waals surface area contributed by atoms with E-state index in [1.54, 1.807) is 0 Å². The van der Waals surface area contributed by atoms with Crippen molar-refractivity contribution in [2.24, 2.45) is 0 Å². The predicted molar refractivity (Wildman–Crippen MR) is 416 cm³/mol. The largest absolute Gasteiger partial charge is 0.669 e. The Hall–Kier alpha value is 2.25. The number of rotatable bonds is 35. The molecular weight excluding hydrogens is 1420 g/mol. The standard InChI is InChI=1S/5C8H24O5Si3.10CH4/c5*1-9-16(10-2,11-3)13-15(7,8)12-14(4,5)6;;;;;;;;;;/h5*1-8H3;10*1H4. The molecule has 25 nitrogen and oxygen atoms in total. The van der Waals surface area contributed by atoms with Crippen LogP contribution < -0.4 is 0 Å². The summed E-state index contributed by atoms with van der Waals surface area (Å²) in [5, 5.41) is 0. The van der Waals surface area contributed by atoms with Gasteiger partial charge in [-0.15, -0.1) is 0 Å². The normalized spacial score (nSPS) is 12.7. The van der Waals surface area contributed by atoms with Gasteiger partial charge in [-0.1, -0.05) is 74.3 Å². The topological polar surface area (TPSA) is 231 Å². The van der Waals surface area contributed by atoms with E-state index in [9.17, 15) is 0 Å². The van der Waals surface area contributed by atoms with Crippen LogP contribution in [-0.4, -0.2) is 236 Å². The molecule has 0 aromatic rings. The molecule has 0 atom stereocenters. The second kappa shape index (κ2) is 54.1. The summed E-state index contributed by atoms with van der Waals surface area (Å²) in [6.45, 7) is 51.6. The Morgan fingerprint density at radius 1 is 0.122 bits per heavy atom. The molecule has 0 N–H and O–H groups in total. The van der Waals surface area contributed by atoms with Gasteiger partial charge in [0.1, 0.15) is 0 Å². The highest BCUT2D eigenvalue weighted by atomic mass is 28.5. The molecule has 0 spiro atoms. The minimum absolute atomic E-state index is 0. The van der Waals surface area contributed by atoms with E-state index >= 15 is 0 Å². The molecule has 0 aliphatic rings. The summed E-state index contributed by atoms with van der Waals surface area (Å²) in [7, 11) is -11.7. The fourth-order valence-corrected chi connectivity index (χ4v) is 58.9. The van der Waals surface area contributed by atoms with Crippen LogP contribution in [0.3, 0.4) is 0 Å². The lowest BCUT2D eigenvalue weighted by atomic mass is 11.8. The minimum atomic E-state index is -2.99. The van der Waals surface area contributed by atoms with Crippen molar-refractivity contribution in [3.8, 4) is 0 Å². The zero-order valence-electron chi connectivity index (χ0n) is 57.7. The molecule has 0 saturated heterocycles. The second-order valence-corrected chi connectivity index (χ2v) is 78.6. The van der Waals surface area contributed by atoms with Crippen LogP contribution in [0.4, 0.5) is 0 Å². The summed E-state index contributed by atoms with van der Waals surface area (Å²) in [5.74, 6) is 0. The first kappa shape index (κ1) is 129. The van der Waals surface area contributed by atoms with Crippen LogP contribution in [0, 0.1) is 0 Å². The Kier molecular flexibility index (Phi) is 77.3. The molecule has 0 amide bonds. The summed E-state index contributed by atoms with van der Waals surface area (Å²) in [6.07, 6.45) is 0. The quantitative estimate of drug-likeness (QED) is 0.0537. The maximum absolute atomic E-state index is 6.04. The van der Waals surface area contributed by atoms with Crippen molar-refractivity contribution < 1.29 is 108 Å². The van der Waals surface area contributed by atoms with Crippen LogP contribution in [0.2, 0.25) is 164 Å². The second-order valence-electron chi connectivity index (χ2n) is 24.1. The molecule has 0 bridgehead atoms. The highest BCUT2D eigenvalue weighted by Gasteiger charge is 2.54. The lowest BCUT2D eigenvalue weighted by Gasteiger charge is -2.35. The molecular formula is C50H160O25Si15. The predicted octanol–water partition coefficient (Wildman–Crippen LogP) is 16.0. The number of hydrogen-bond acceptors (Lipinski definition) is 25. The Balaban J connectivity index is -0.0000000585. The Bertz CT molecular complexity index is 1300. The van der Waals surface area contributed by atoms with Gasteiger partial charge >= 0.3 is 88.0 Å². The lowest BCUT2D eigenvalue weighted by Crippen LogP contribution is -2.57. The van der Waals surface area contributed by atoms with Crippen LogP contribution in [0.5, 0.6) is 0 Å². The van der Waals surface area contributed by atoms with Gasteiger partial charge in [-0.3, -0.25) is 0 Å². The van der Waals surface area contributed by atoms with E-state index in [-0.39, 0.29) is 74.3 Å². The zero-order valence-corrected chi connectivity index (χ0v) is 72.7. The molecule has 0 unspecified atom stereocenters. The lowest BCUT2D eigenvalue weighted by molar-refractivity contribution is 0.0401. The van der Waals surface area contributed by atoms with E-state index in [1.807, 2.05) is 65.5 Å². The van der Waals surface area contributed by atoms with Gasteiger partial charge in [0.05, 0.1) is 0 Å². The van der Waals surface area contributed by atoms with Crippen molar-refractivity contribution in [2.75, 3.05) is 107 Å². The molecule has 0 heterocycles. The highest BCUT2D eigenvalue weighted by molar-refractivity contribution is 6.87. The van der Waals surface area contributed by atoms with Crippen molar-refractivity contribution in [3.63, 3.8) is 0 Å². The monoisotopic (exact) mass is 1580 g/mol. The van der Waals surface area contributed by atoms with Gasteiger partial charge in [0, 0.05) is 107 Å². The van der Waals surface area contributed by atoms with Crippen LogP contribution in [0.1, 0.15) is 74.3 Å². The minimum Gasteiger partial charge on any atom is -0.437 e. The van der Waals surface area contributed by atoms with E-state index in [4.69, 9.17) is 108 Å². The van der Waals surface area contributed by atoms with E-state index in [0.29, 0.717) is 0 Å². The van der Waals surface area contributed by atoms with Crippen LogP contribution in [0.25, 0.3) is 0 Å². The van der Waals surface area contributed by atoms with E-state index < -0.39 is 130 Å². The zero-order chi connectivity index (χ0) is 65.2. The van der Waals surface area contributed by atoms with Gasteiger partial charge in [0.2, 0.25) is 0 Å². The van der Waals surface area contributed by atoms with E-state index in [0.717, 1.165) is 0 Å². The molecule has 90 heavy (non-hydrogen) atoms. The van der Waals surface area contributed by atoms with E-state index in [1.165, 1.54) is 107 Å². The molecule has 0 aromatic carbocycles. The first-order valence-electron chi connectivity index (χ1n) is 25.8. The molecule has 0 aromatic heterocycles. The van der Waals surface area contributed by atoms with Crippen LogP contribution in [0.15, 0.2) is 0 Å². The Morgan fingerprint density at radius 2 is 0.189 bits per heavy atom. The summed E-state index contributed by atoms with van der Waals surface area (Å²) in [4.78, 5) is 0. The van der Waals surface area contributed by atoms with Crippen LogP contribution in [-0.2, 0) is 108 Å². The Labute approximate surface area is 578 Å². The van der Waals surface area contributed by atoms with Crippen LogP contribution >= 0.6 is 0 Å². The highest BCUT2D eigenvalue weighted by Crippen LogP contribution is 2.26. The Morgan fingerprint density at radius 3 is 0.233 bits per heavy atom. The summed E-state index contributed by atoms with van der Waals surface area (Å²) in [5.41, 5.74) is 0. The smallest absolute Gasteiger partial charge is 0.437 e. The molecule has 40 heteroatoms. The first-order chi connectivity index (χ1) is 35.5. The van der Waals surface area contributed by atoms with Crippen molar-refractivity contribution in [1.29, 1.82) is 0 Å². The fourth-order valence-electron chi connectivity index (χ4n) is 7.17. The summed E-state index contributed by atoms with van der Waals surface area (Å²) >= 11 is 0. The molecule has 0 aliphatic heterocycles. The number of hydrogen-bond donors (Lipinski definition) is 0. The summed E-state index contributed by atoms with van der Waals surface area (Å²) < 4.78 is 138. The molecule has 570 valence electrons. The SMILES string of the molecule is C.C.C.C.C.C.C.C.C.C.CO[Si](OC)(OC)O[Si](C)(C)O[Si](C)(C)C.CO[Si](OC)(OC)O[Si](C)(C)O[Si](C)(C)C.CO[Si](OC)(OC)O[Si](C)(C)O[Si](C)(C)C.CO[Si](OC)(OC)O[Si](C)(C)O[Si](C)(C)C.CO[Si](OC)(OC)O[Si](C)(C)O[Si](C)(C)C. The molecule has 0 fully saturated rings. The van der Waals surface area contributed by atoms with Crippen molar-refractivity contribution in [2.45, 2.75) is 238 Å². The van der Waals surface area contributed by atoms with Gasteiger partial charge in [0.25, 0.3) is 0 Å². The molecule has 0 aliphatic carbocycles. The molecule has 0 rings (SSSR count). The van der Waals surface area contributed by atoms with Gasteiger partial charge in [0.15, 0.2) is 41.6 Å². The van der Waals surface area contributed by atoms with Crippen molar-refractivity contribution in [3.05, 3.63) is 0 Å². The average molecular weight is 1580 g/mol. The third-order valence-electron chi connectivity index (χ3n) is 8.36. The van der Waals surface area contributed by atoms with Crippen molar-refractivity contribution >= 4 is 130 Å². The maximum Gasteiger partial charge on any atom is 0.669 e. The average Bonchev–Trinajstić information content (AvgIpc) is 3.27. The summed E-state index contributed by atoms with van der Waals surface area (Å²) in [6, 6.07) is 0. The van der Waals surface area contributed by atoms with Crippen molar-refractivity contribution in [1.82, 2.24) is 0 Å². The van der Waals surface area contributed by atoms with Gasteiger partial charge in [-0.2, -0.15) is 0 Å². The maximum atomic E-state index is 6.04. The fraction of sp³-hybridized carbons (Fsp3) is 1.00. The third-order valence-corrected chi connectivity index (χ3v) is 52.8. The molecule has 0 radical (unpaired) electrons.